The van der Waals surface area contributed by atoms with Crippen LogP contribution in [0.15, 0.2) is 36.4 Å². The van der Waals surface area contributed by atoms with Crippen molar-refractivity contribution in [2.75, 3.05) is 13.7 Å². The predicted octanol–water partition coefficient (Wildman–Crippen LogP) is 5.01. The molecule has 0 saturated carbocycles. The Hall–Kier alpha value is -3.04. The van der Waals surface area contributed by atoms with Crippen molar-refractivity contribution in [3.63, 3.8) is 0 Å². The van der Waals surface area contributed by atoms with Gasteiger partial charge in [-0.05, 0) is 43.5 Å². The Morgan fingerprint density at radius 3 is 2.43 bits per heavy atom. The number of nitrogens with zero attached hydrogens (tertiary/aromatic N) is 2. The number of hydrogen-bond donors (Lipinski definition) is 1. The van der Waals surface area contributed by atoms with E-state index >= 15 is 0 Å². The molecule has 0 aliphatic rings. The van der Waals surface area contributed by atoms with E-state index in [9.17, 15) is 19.7 Å². The molecule has 2 rings (SSSR count). The number of carbonyl (C=O) groups excluding carboxylic acids is 2. The summed E-state index contributed by atoms with van der Waals surface area (Å²) in [5, 5.41) is 14.9. The van der Waals surface area contributed by atoms with Gasteiger partial charge in [-0.15, -0.1) is 0 Å². The summed E-state index contributed by atoms with van der Waals surface area (Å²) in [4.78, 5) is 38.2. The van der Waals surface area contributed by atoms with Crippen molar-refractivity contribution in [1.29, 1.82) is 0 Å². The molecule has 190 valence electrons. The van der Waals surface area contributed by atoms with Crippen molar-refractivity contribution in [2.45, 2.75) is 52.2 Å². The number of benzene rings is 2. The number of nitro benzene ring substituents is 1. The molecule has 0 aliphatic carbocycles. The van der Waals surface area contributed by atoms with Gasteiger partial charge in [-0.25, -0.2) is 0 Å². The number of amides is 2. The van der Waals surface area contributed by atoms with Gasteiger partial charge in [0, 0.05) is 34.8 Å². The smallest absolute Gasteiger partial charge is 0.311 e. The van der Waals surface area contributed by atoms with Crippen molar-refractivity contribution >= 4 is 40.7 Å². The molecule has 2 aromatic rings. The number of nitro groups is 1. The third kappa shape index (κ3) is 7.73. The van der Waals surface area contributed by atoms with Crippen LogP contribution in [0.2, 0.25) is 10.0 Å². The van der Waals surface area contributed by atoms with E-state index in [1.807, 2.05) is 20.8 Å². The Morgan fingerprint density at radius 2 is 1.86 bits per heavy atom. The van der Waals surface area contributed by atoms with Gasteiger partial charge in [0.05, 0.1) is 12.0 Å². The fourth-order valence-electron chi connectivity index (χ4n) is 3.32. The lowest BCUT2D eigenvalue weighted by Crippen LogP contribution is -2.51. The predicted molar refractivity (Wildman–Crippen MR) is 134 cm³/mol. The highest BCUT2D eigenvalue weighted by Gasteiger charge is 2.30. The van der Waals surface area contributed by atoms with Crippen molar-refractivity contribution < 1.29 is 24.0 Å². The highest BCUT2D eigenvalue weighted by atomic mass is 35.5. The summed E-state index contributed by atoms with van der Waals surface area (Å²) in [6.45, 7) is 5.31. The van der Waals surface area contributed by atoms with Crippen LogP contribution < -0.4 is 14.8 Å². The number of ether oxygens (including phenoxy) is 2. The van der Waals surface area contributed by atoms with Gasteiger partial charge < -0.3 is 19.7 Å². The second-order valence-corrected chi connectivity index (χ2v) is 8.72. The van der Waals surface area contributed by atoms with Crippen LogP contribution in [0, 0.1) is 10.1 Å². The van der Waals surface area contributed by atoms with E-state index < -0.39 is 23.5 Å². The zero-order chi connectivity index (χ0) is 26.1. The van der Waals surface area contributed by atoms with Gasteiger partial charge in [0.15, 0.2) is 6.61 Å². The molecule has 11 heteroatoms. The normalized spacial score (nSPS) is 12.4. The molecule has 9 nitrogen and oxygen atoms in total. The van der Waals surface area contributed by atoms with Crippen molar-refractivity contribution in [3.05, 3.63) is 62.1 Å². The van der Waals surface area contributed by atoms with Gasteiger partial charge in [-0.3, -0.25) is 19.7 Å². The Kier molecular flexibility index (Phi) is 10.6. The molecule has 0 fully saturated rings. The average Bonchev–Trinajstić information content (AvgIpc) is 2.83. The maximum absolute atomic E-state index is 13.3. The van der Waals surface area contributed by atoms with Gasteiger partial charge in [0.2, 0.25) is 11.7 Å². The molecule has 1 N–H and O–H groups in total. The minimum absolute atomic E-state index is 0.00381. The second kappa shape index (κ2) is 13.2. The largest absolute Gasteiger partial charge is 0.490 e. The SMILES string of the molecule is CC[C@@H](C)NC(=O)[C@H](CC)N(Cc1ccc(Cl)cc1Cl)C(=O)COc1ccc([N+](=O)[O-])c(OC)c1. The molecule has 0 aromatic heterocycles. The highest BCUT2D eigenvalue weighted by molar-refractivity contribution is 6.35. The Balaban J connectivity index is 2.29. The first-order valence-corrected chi connectivity index (χ1v) is 11.9. The van der Waals surface area contributed by atoms with Crippen LogP contribution in [-0.2, 0) is 16.1 Å². The van der Waals surface area contributed by atoms with E-state index in [1.54, 1.807) is 18.2 Å². The summed E-state index contributed by atoms with van der Waals surface area (Å²) in [6, 6.07) is 8.05. The van der Waals surface area contributed by atoms with Gasteiger partial charge in [0.1, 0.15) is 11.8 Å². The fourth-order valence-corrected chi connectivity index (χ4v) is 3.79. The van der Waals surface area contributed by atoms with Crippen molar-refractivity contribution in [2.24, 2.45) is 0 Å². The quantitative estimate of drug-likeness (QED) is 0.308. The zero-order valence-electron chi connectivity index (χ0n) is 20.0. The first-order chi connectivity index (χ1) is 16.6. The average molecular weight is 526 g/mol. The van der Waals surface area contributed by atoms with E-state index in [-0.39, 0.29) is 35.7 Å². The molecule has 0 aliphatic heterocycles. The van der Waals surface area contributed by atoms with Gasteiger partial charge >= 0.3 is 5.69 Å². The van der Waals surface area contributed by atoms with Crippen molar-refractivity contribution in [1.82, 2.24) is 10.2 Å². The standard InChI is InChI=1S/C24H29Cl2N3O6/c1-5-15(3)27-24(31)20(6-2)28(13-16-7-8-17(25)11-19(16)26)23(30)14-35-18-9-10-21(29(32)33)22(12-18)34-4/h7-12,15,20H,5-6,13-14H2,1-4H3,(H,27,31)/t15-,20+/m1/s1. The first-order valence-electron chi connectivity index (χ1n) is 11.1. The molecule has 0 bridgehead atoms. The van der Waals surface area contributed by atoms with Crippen LogP contribution >= 0.6 is 23.2 Å². The monoisotopic (exact) mass is 525 g/mol. The number of carbonyl (C=O) groups is 2. The summed E-state index contributed by atoms with van der Waals surface area (Å²) in [7, 11) is 1.30. The molecule has 2 amide bonds. The Labute approximate surface area is 214 Å². The van der Waals surface area contributed by atoms with Crippen molar-refractivity contribution in [3.8, 4) is 11.5 Å². The lowest BCUT2D eigenvalue weighted by molar-refractivity contribution is -0.385. The van der Waals surface area contributed by atoms with Crippen LogP contribution in [0.4, 0.5) is 5.69 Å². The second-order valence-electron chi connectivity index (χ2n) is 7.88. The number of hydrogen-bond acceptors (Lipinski definition) is 6. The molecular formula is C24H29Cl2N3O6. The zero-order valence-corrected chi connectivity index (χ0v) is 21.6. The molecule has 0 saturated heterocycles. The fraction of sp³-hybridized carbons (Fsp3) is 0.417. The van der Waals surface area contributed by atoms with Crippen LogP contribution in [0.1, 0.15) is 39.2 Å². The number of halogens is 2. The third-order valence-electron chi connectivity index (χ3n) is 5.45. The third-order valence-corrected chi connectivity index (χ3v) is 6.04. The lowest BCUT2D eigenvalue weighted by Gasteiger charge is -2.31. The summed E-state index contributed by atoms with van der Waals surface area (Å²) in [5.41, 5.74) is 0.397. The molecule has 0 radical (unpaired) electrons. The molecule has 2 aromatic carbocycles. The first kappa shape index (κ1) is 28.2. The van der Waals surface area contributed by atoms with E-state index in [0.29, 0.717) is 22.0 Å². The molecule has 35 heavy (non-hydrogen) atoms. The van der Waals surface area contributed by atoms with Crippen LogP contribution in [0.5, 0.6) is 11.5 Å². The maximum Gasteiger partial charge on any atom is 0.311 e. The summed E-state index contributed by atoms with van der Waals surface area (Å²) in [6.07, 6.45) is 1.11. The number of rotatable bonds is 12. The topological polar surface area (TPSA) is 111 Å². The molecule has 2 atom stereocenters. The minimum atomic E-state index is -0.766. The van der Waals surface area contributed by atoms with E-state index in [4.69, 9.17) is 32.7 Å². The number of methoxy groups -OCH3 is 1. The molecular weight excluding hydrogens is 497 g/mol. The van der Waals surface area contributed by atoms with E-state index in [0.717, 1.165) is 6.42 Å². The minimum Gasteiger partial charge on any atom is -0.490 e. The summed E-state index contributed by atoms with van der Waals surface area (Å²) >= 11 is 12.3. The molecule has 0 spiro atoms. The number of nitrogens with one attached hydrogen (secondary N) is 1. The Bertz CT molecular complexity index is 1070. The maximum atomic E-state index is 13.3. The molecule has 0 heterocycles. The van der Waals surface area contributed by atoms with Crippen LogP contribution in [-0.4, -0.2) is 47.4 Å². The highest BCUT2D eigenvalue weighted by Crippen LogP contribution is 2.31. The Morgan fingerprint density at radius 1 is 1.14 bits per heavy atom. The van der Waals surface area contributed by atoms with E-state index in [1.165, 1.54) is 30.2 Å². The van der Waals surface area contributed by atoms with Crippen LogP contribution in [0.3, 0.4) is 0 Å². The lowest BCUT2D eigenvalue weighted by atomic mass is 10.1. The van der Waals surface area contributed by atoms with E-state index in [2.05, 4.69) is 5.32 Å². The summed E-state index contributed by atoms with van der Waals surface area (Å²) < 4.78 is 10.7. The van der Waals surface area contributed by atoms with Gasteiger partial charge in [-0.1, -0.05) is 43.1 Å². The van der Waals surface area contributed by atoms with Gasteiger partial charge in [0.25, 0.3) is 5.91 Å². The van der Waals surface area contributed by atoms with Gasteiger partial charge in [-0.2, -0.15) is 0 Å². The summed E-state index contributed by atoms with van der Waals surface area (Å²) in [5.74, 6) is -0.525. The van der Waals surface area contributed by atoms with Crippen LogP contribution in [0.25, 0.3) is 0 Å². The molecule has 0 unspecified atom stereocenters.